The van der Waals surface area contributed by atoms with E-state index in [9.17, 15) is 9.59 Å². The van der Waals surface area contributed by atoms with Crippen molar-refractivity contribution in [2.24, 2.45) is 0 Å². The average molecular weight is 338 g/mol. The van der Waals surface area contributed by atoms with Gasteiger partial charge in [-0.05, 0) is 36.1 Å². The lowest BCUT2D eigenvalue weighted by Gasteiger charge is -2.16. The molecule has 0 aliphatic carbocycles. The molecule has 0 radical (unpaired) electrons. The highest BCUT2D eigenvalue weighted by molar-refractivity contribution is 5.92. The first-order chi connectivity index (χ1) is 12.0. The SMILES string of the molecule is Cc1cccc(C(C)C)c1NC(=O)CCn1c(=O)oc2ccccc21. The fraction of sp³-hybridized carbons (Fsp3) is 0.300. The number of benzene rings is 2. The molecule has 25 heavy (non-hydrogen) atoms. The molecule has 0 unspecified atom stereocenters. The maximum Gasteiger partial charge on any atom is 0.419 e. The molecule has 1 aromatic heterocycles. The minimum absolute atomic E-state index is 0.117. The Labute approximate surface area is 146 Å². The molecule has 5 heteroatoms. The third-order valence-corrected chi connectivity index (χ3v) is 4.33. The number of carbonyl (C=O) groups is 1. The Morgan fingerprint density at radius 2 is 1.92 bits per heavy atom. The second-order valence-electron chi connectivity index (χ2n) is 6.48. The van der Waals surface area contributed by atoms with E-state index in [0.29, 0.717) is 17.0 Å². The number of rotatable bonds is 5. The molecule has 0 aliphatic heterocycles. The van der Waals surface area contributed by atoms with Crippen LogP contribution in [0, 0.1) is 6.92 Å². The molecule has 0 saturated heterocycles. The van der Waals surface area contributed by atoms with Crippen molar-refractivity contribution >= 4 is 22.7 Å². The number of nitrogens with zero attached hydrogens (tertiary/aromatic N) is 1. The molecular weight excluding hydrogens is 316 g/mol. The Balaban J connectivity index is 1.76. The monoisotopic (exact) mass is 338 g/mol. The van der Waals surface area contributed by atoms with Crippen molar-refractivity contribution < 1.29 is 9.21 Å². The van der Waals surface area contributed by atoms with Crippen molar-refractivity contribution in [3.05, 3.63) is 64.1 Å². The molecule has 0 fully saturated rings. The van der Waals surface area contributed by atoms with Gasteiger partial charge in [-0.25, -0.2) is 4.79 Å². The van der Waals surface area contributed by atoms with Crippen molar-refractivity contribution in [1.29, 1.82) is 0 Å². The van der Waals surface area contributed by atoms with Gasteiger partial charge in [0.1, 0.15) is 0 Å². The van der Waals surface area contributed by atoms with Crippen molar-refractivity contribution in [2.45, 2.75) is 39.7 Å². The highest BCUT2D eigenvalue weighted by atomic mass is 16.4. The summed E-state index contributed by atoms with van der Waals surface area (Å²) >= 11 is 0. The number of para-hydroxylation sites is 3. The van der Waals surface area contributed by atoms with Gasteiger partial charge in [-0.1, -0.05) is 44.2 Å². The standard InChI is InChI=1S/C20H22N2O3/c1-13(2)15-8-6-7-14(3)19(15)21-18(23)11-12-22-16-9-4-5-10-17(16)25-20(22)24/h4-10,13H,11-12H2,1-3H3,(H,21,23). The highest BCUT2D eigenvalue weighted by Gasteiger charge is 2.14. The number of carbonyl (C=O) groups excluding carboxylic acids is 1. The normalized spacial score (nSPS) is 11.2. The zero-order valence-corrected chi connectivity index (χ0v) is 14.7. The molecular formula is C20H22N2O3. The molecule has 130 valence electrons. The lowest BCUT2D eigenvalue weighted by Crippen LogP contribution is -2.20. The molecule has 3 aromatic rings. The quantitative estimate of drug-likeness (QED) is 0.763. The lowest BCUT2D eigenvalue weighted by molar-refractivity contribution is -0.116. The van der Waals surface area contributed by atoms with Gasteiger partial charge in [0, 0.05) is 18.7 Å². The number of anilines is 1. The summed E-state index contributed by atoms with van der Waals surface area (Å²) in [6.45, 7) is 6.46. The van der Waals surface area contributed by atoms with Crippen LogP contribution in [0.15, 0.2) is 51.7 Å². The highest BCUT2D eigenvalue weighted by Crippen LogP contribution is 2.27. The van der Waals surface area contributed by atoms with E-state index in [1.165, 1.54) is 4.57 Å². The van der Waals surface area contributed by atoms with Crippen LogP contribution in [0.5, 0.6) is 0 Å². The molecule has 0 atom stereocenters. The van der Waals surface area contributed by atoms with Gasteiger partial charge in [0.25, 0.3) is 0 Å². The summed E-state index contributed by atoms with van der Waals surface area (Å²) < 4.78 is 6.69. The van der Waals surface area contributed by atoms with Gasteiger partial charge in [0.05, 0.1) is 5.52 Å². The average Bonchev–Trinajstić information content (AvgIpc) is 2.89. The Kier molecular flexibility index (Phi) is 4.74. The summed E-state index contributed by atoms with van der Waals surface area (Å²) in [5.41, 5.74) is 4.25. The summed E-state index contributed by atoms with van der Waals surface area (Å²) in [7, 11) is 0. The Bertz CT molecular complexity index is 966. The van der Waals surface area contributed by atoms with Gasteiger partial charge in [-0.3, -0.25) is 9.36 Å². The Morgan fingerprint density at radius 1 is 1.16 bits per heavy atom. The van der Waals surface area contributed by atoms with Crippen LogP contribution in [0.3, 0.4) is 0 Å². The second kappa shape index (κ2) is 6.97. The summed E-state index contributed by atoms with van der Waals surface area (Å²) in [5, 5.41) is 3.01. The lowest BCUT2D eigenvalue weighted by atomic mass is 9.98. The van der Waals surface area contributed by atoms with Crippen molar-refractivity contribution in [3.63, 3.8) is 0 Å². The molecule has 1 amide bonds. The molecule has 1 heterocycles. The zero-order valence-electron chi connectivity index (χ0n) is 14.7. The number of aromatic nitrogens is 1. The van der Waals surface area contributed by atoms with Crippen molar-refractivity contribution in [2.75, 3.05) is 5.32 Å². The van der Waals surface area contributed by atoms with Gasteiger partial charge >= 0.3 is 5.76 Å². The van der Waals surface area contributed by atoms with E-state index in [2.05, 4.69) is 19.2 Å². The van der Waals surface area contributed by atoms with Crippen LogP contribution >= 0.6 is 0 Å². The molecule has 0 aliphatic rings. The predicted molar refractivity (Wildman–Crippen MR) is 99.0 cm³/mol. The number of fused-ring (bicyclic) bond motifs is 1. The van der Waals surface area contributed by atoms with Gasteiger partial charge < -0.3 is 9.73 Å². The van der Waals surface area contributed by atoms with E-state index in [0.717, 1.165) is 16.8 Å². The van der Waals surface area contributed by atoms with Crippen molar-refractivity contribution in [3.8, 4) is 0 Å². The largest absolute Gasteiger partial charge is 0.419 e. The minimum Gasteiger partial charge on any atom is -0.408 e. The molecule has 0 bridgehead atoms. The maximum absolute atomic E-state index is 12.4. The molecule has 3 rings (SSSR count). The summed E-state index contributed by atoms with van der Waals surface area (Å²) in [4.78, 5) is 24.4. The summed E-state index contributed by atoms with van der Waals surface area (Å²) in [6.07, 6.45) is 0.204. The van der Waals surface area contributed by atoms with Crippen LogP contribution in [0.2, 0.25) is 0 Å². The molecule has 0 spiro atoms. The van der Waals surface area contributed by atoms with Crippen LogP contribution < -0.4 is 11.1 Å². The third kappa shape index (κ3) is 3.50. The van der Waals surface area contributed by atoms with Crippen LogP contribution in [0.4, 0.5) is 5.69 Å². The Morgan fingerprint density at radius 3 is 2.68 bits per heavy atom. The van der Waals surface area contributed by atoms with E-state index < -0.39 is 5.76 Å². The first-order valence-corrected chi connectivity index (χ1v) is 8.45. The maximum atomic E-state index is 12.4. The first kappa shape index (κ1) is 17.0. The number of oxazole rings is 1. The van der Waals surface area contributed by atoms with E-state index in [1.54, 1.807) is 6.07 Å². The van der Waals surface area contributed by atoms with Gasteiger partial charge in [0.2, 0.25) is 5.91 Å². The zero-order chi connectivity index (χ0) is 18.0. The predicted octanol–water partition coefficient (Wildman–Crippen LogP) is 4.06. The van der Waals surface area contributed by atoms with E-state index in [1.807, 2.05) is 43.3 Å². The number of nitrogens with one attached hydrogen (secondary N) is 1. The summed E-state index contributed by atoms with van der Waals surface area (Å²) in [5.74, 6) is -0.239. The minimum atomic E-state index is -0.437. The van der Waals surface area contributed by atoms with Gasteiger partial charge in [0.15, 0.2) is 5.58 Å². The third-order valence-electron chi connectivity index (χ3n) is 4.33. The molecule has 5 nitrogen and oxygen atoms in total. The summed E-state index contributed by atoms with van der Waals surface area (Å²) in [6, 6.07) is 13.2. The van der Waals surface area contributed by atoms with Crippen molar-refractivity contribution in [1.82, 2.24) is 4.57 Å². The number of hydrogen-bond donors (Lipinski definition) is 1. The number of amides is 1. The van der Waals surface area contributed by atoms with E-state index in [4.69, 9.17) is 4.42 Å². The van der Waals surface area contributed by atoms with Crippen LogP contribution in [-0.4, -0.2) is 10.5 Å². The van der Waals surface area contributed by atoms with E-state index >= 15 is 0 Å². The van der Waals surface area contributed by atoms with Crippen LogP contribution in [0.1, 0.15) is 37.3 Å². The van der Waals surface area contributed by atoms with Gasteiger partial charge in [-0.2, -0.15) is 0 Å². The molecule has 1 N–H and O–H groups in total. The van der Waals surface area contributed by atoms with E-state index in [-0.39, 0.29) is 18.9 Å². The molecule has 2 aromatic carbocycles. The fourth-order valence-electron chi connectivity index (χ4n) is 2.98. The van der Waals surface area contributed by atoms with Crippen LogP contribution in [0.25, 0.3) is 11.1 Å². The topological polar surface area (TPSA) is 64.2 Å². The Hall–Kier alpha value is -2.82. The second-order valence-corrected chi connectivity index (χ2v) is 6.48. The number of hydrogen-bond acceptors (Lipinski definition) is 3. The number of aryl methyl sites for hydroxylation is 2. The fourth-order valence-corrected chi connectivity index (χ4v) is 2.98. The molecule has 0 saturated carbocycles. The smallest absolute Gasteiger partial charge is 0.408 e. The van der Waals surface area contributed by atoms with Crippen LogP contribution in [-0.2, 0) is 11.3 Å². The first-order valence-electron chi connectivity index (χ1n) is 8.45. The van der Waals surface area contributed by atoms with Gasteiger partial charge in [-0.15, -0.1) is 0 Å².